The molecular formula is C16H22ClN3O2. The lowest BCUT2D eigenvalue weighted by molar-refractivity contribution is -0.120. The molecule has 2 amide bonds. The number of carbonyl (C=O) groups is 2. The highest BCUT2D eigenvalue weighted by atomic mass is 35.5. The van der Waals surface area contributed by atoms with E-state index in [9.17, 15) is 9.59 Å². The van der Waals surface area contributed by atoms with E-state index in [-0.39, 0.29) is 17.7 Å². The van der Waals surface area contributed by atoms with Gasteiger partial charge in [0.25, 0.3) is 5.91 Å². The third-order valence-electron chi connectivity index (χ3n) is 3.68. The number of hydrogen-bond donors (Lipinski definition) is 3. The van der Waals surface area contributed by atoms with Crippen molar-refractivity contribution in [3.8, 4) is 0 Å². The summed E-state index contributed by atoms with van der Waals surface area (Å²) in [5, 5.41) is 9.21. The minimum absolute atomic E-state index is 0.00792. The second-order valence-corrected chi connectivity index (χ2v) is 5.89. The third-order valence-corrected chi connectivity index (χ3v) is 4.00. The van der Waals surface area contributed by atoms with Gasteiger partial charge in [0, 0.05) is 18.8 Å². The Morgan fingerprint density at radius 3 is 2.86 bits per heavy atom. The molecule has 1 saturated heterocycles. The molecule has 1 aromatic rings. The summed E-state index contributed by atoms with van der Waals surface area (Å²) in [6, 6.07) is 4.97. The van der Waals surface area contributed by atoms with Crippen LogP contribution < -0.4 is 16.0 Å². The van der Waals surface area contributed by atoms with Crippen LogP contribution in [-0.4, -0.2) is 31.4 Å². The molecule has 22 heavy (non-hydrogen) atoms. The number of halogens is 1. The Balaban J connectivity index is 1.99. The molecule has 1 aliphatic rings. The summed E-state index contributed by atoms with van der Waals surface area (Å²) in [4.78, 5) is 24.1. The van der Waals surface area contributed by atoms with Gasteiger partial charge in [0.1, 0.15) is 0 Å². The van der Waals surface area contributed by atoms with Crippen molar-refractivity contribution < 1.29 is 9.59 Å². The first-order valence-electron chi connectivity index (χ1n) is 7.71. The molecule has 1 unspecified atom stereocenters. The van der Waals surface area contributed by atoms with Gasteiger partial charge in [-0.3, -0.25) is 9.59 Å². The summed E-state index contributed by atoms with van der Waals surface area (Å²) < 4.78 is 0. The van der Waals surface area contributed by atoms with Crippen LogP contribution in [0.3, 0.4) is 0 Å². The molecule has 5 nitrogen and oxygen atoms in total. The summed E-state index contributed by atoms with van der Waals surface area (Å²) in [7, 11) is 0. The van der Waals surface area contributed by atoms with Crippen LogP contribution in [0, 0.1) is 5.92 Å². The summed E-state index contributed by atoms with van der Waals surface area (Å²) in [6.07, 6.45) is 2.77. The van der Waals surface area contributed by atoms with Crippen molar-refractivity contribution in [3.63, 3.8) is 0 Å². The van der Waals surface area contributed by atoms with Crippen molar-refractivity contribution in [1.29, 1.82) is 0 Å². The van der Waals surface area contributed by atoms with Gasteiger partial charge in [-0.25, -0.2) is 0 Å². The van der Waals surface area contributed by atoms with Crippen LogP contribution >= 0.6 is 11.6 Å². The Hall–Kier alpha value is -1.59. The predicted molar refractivity (Wildman–Crippen MR) is 88.3 cm³/mol. The highest BCUT2D eigenvalue weighted by Crippen LogP contribution is 2.22. The van der Waals surface area contributed by atoms with Crippen molar-refractivity contribution in [3.05, 3.63) is 28.8 Å². The number of anilines is 1. The van der Waals surface area contributed by atoms with Gasteiger partial charge < -0.3 is 16.0 Å². The molecule has 1 aromatic carbocycles. The van der Waals surface area contributed by atoms with E-state index in [1.165, 1.54) is 0 Å². The van der Waals surface area contributed by atoms with Crippen LogP contribution in [0.2, 0.25) is 5.02 Å². The molecule has 3 N–H and O–H groups in total. The molecule has 0 aromatic heterocycles. The van der Waals surface area contributed by atoms with Crippen LogP contribution in [0.25, 0.3) is 0 Å². The van der Waals surface area contributed by atoms with Crippen LogP contribution in [0.5, 0.6) is 0 Å². The van der Waals surface area contributed by atoms with E-state index >= 15 is 0 Å². The lowest BCUT2D eigenvalue weighted by atomic mass is 9.99. The Bertz CT molecular complexity index is 542. The fourth-order valence-corrected chi connectivity index (χ4v) is 2.70. The number of amides is 2. The van der Waals surface area contributed by atoms with Gasteiger partial charge in [0.15, 0.2) is 0 Å². The average molecular weight is 324 g/mol. The van der Waals surface area contributed by atoms with E-state index in [1.54, 1.807) is 18.2 Å². The van der Waals surface area contributed by atoms with Gasteiger partial charge in [0.05, 0.1) is 16.5 Å². The van der Waals surface area contributed by atoms with E-state index < -0.39 is 0 Å². The monoisotopic (exact) mass is 323 g/mol. The summed E-state index contributed by atoms with van der Waals surface area (Å²) in [6.45, 7) is 4.28. The lowest BCUT2D eigenvalue weighted by Crippen LogP contribution is -2.37. The molecule has 1 heterocycles. The maximum absolute atomic E-state index is 12.2. The van der Waals surface area contributed by atoms with Gasteiger partial charge in [-0.2, -0.15) is 0 Å². The Morgan fingerprint density at radius 2 is 2.23 bits per heavy atom. The highest BCUT2D eigenvalue weighted by molar-refractivity contribution is 6.34. The van der Waals surface area contributed by atoms with E-state index in [4.69, 9.17) is 11.6 Å². The number of benzene rings is 1. The molecule has 0 radical (unpaired) electrons. The van der Waals surface area contributed by atoms with Crippen molar-refractivity contribution in [2.75, 3.05) is 25.0 Å². The van der Waals surface area contributed by atoms with Gasteiger partial charge in [-0.15, -0.1) is 0 Å². The molecule has 0 aliphatic carbocycles. The molecule has 0 saturated carbocycles. The molecule has 0 spiro atoms. The third kappa shape index (κ3) is 4.45. The Morgan fingerprint density at radius 1 is 1.41 bits per heavy atom. The zero-order chi connectivity index (χ0) is 15.9. The fraction of sp³-hybridized carbons (Fsp3) is 0.500. The number of nitrogens with one attached hydrogen (secondary N) is 3. The molecular weight excluding hydrogens is 302 g/mol. The predicted octanol–water partition coefficient (Wildman–Crippen LogP) is 2.42. The molecule has 120 valence electrons. The largest absolute Gasteiger partial charge is 0.352 e. The minimum atomic E-state index is -0.193. The average Bonchev–Trinajstić information content (AvgIpc) is 2.53. The highest BCUT2D eigenvalue weighted by Gasteiger charge is 2.21. The number of carbonyl (C=O) groups excluding carboxylic acids is 2. The first-order chi connectivity index (χ1) is 10.6. The number of piperidine rings is 1. The second kappa shape index (κ2) is 8.15. The molecule has 2 rings (SSSR count). The van der Waals surface area contributed by atoms with Crippen molar-refractivity contribution in [2.24, 2.45) is 5.92 Å². The zero-order valence-corrected chi connectivity index (χ0v) is 13.5. The quantitative estimate of drug-likeness (QED) is 0.779. The summed E-state index contributed by atoms with van der Waals surface area (Å²) >= 11 is 6.15. The van der Waals surface area contributed by atoms with Crippen molar-refractivity contribution >= 4 is 29.1 Å². The van der Waals surface area contributed by atoms with E-state index in [0.29, 0.717) is 29.4 Å². The van der Waals surface area contributed by atoms with Crippen molar-refractivity contribution in [2.45, 2.75) is 26.2 Å². The van der Waals surface area contributed by atoms with Gasteiger partial charge in [-0.1, -0.05) is 18.5 Å². The number of rotatable bonds is 5. The van der Waals surface area contributed by atoms with Crippen molar-refractivity contribution in [1.82, 2.24) is 10.6 Å². The van der Waals surface area contributed by atoms with Gasteiger partial charge in [-0.05, 0) is 44.0 Å². The maximum Gasteiger partial charge on any atom is 0.252 e. The van der Waals surface area contributed by atoms with Gasteiger partial charge >= 0.3 is 0 Å². The molecule has 1 atom stereocenters. The van der Waals surface area contributed by atoms with Crippen LogP contribution in [0.4, 0.5) is 5.69 Å². The fourth-order valence-electron chi connectivity index (χ4n) is 2.43. The summed E-state index contributed by atoms with van der Waals surface area (Å²) in [5.41, 5.74) is 1.04. The van der Waals surface area contributed by atoms with Gasteiger partial charge in [0.2, 0.25) is 5.91 Å². The zero-order valence-electron chi connectivity index (χ0n) is 12.7. The van der Waals surface area contributed by atoms with Crippen LogP contribution in [0.1, 0.15) is 36.5 Å². The first kappa shape index (κ1) is 16.8. The first-order valence-corrected chi connectivity index (χ1v) is 8.09. The number of hydrogen-bond acceptors (Lipinski definition) is 3. The minimum Gasteiger partial charge on any atom is -0.352 e. The summed E-state index contributed by atoms with van der Waals surface area (Å²) in [5.74, 6) is -0.215. The van der Waals surface area contributed by atoms with E-state index in [2.05, 4.69) is 16.0 Å². The molecule has 1 aliphatic heterocycles. The smallest absolute Gasteiger partial charge is 0.252 e. The molecule has 0 bridgehead atoms. The standard InChI is InChI=1S/C16H22ClN3O2/c1-2-7-19-16(22)13-6-5-12(9-14(13)17)20-15(21)11-4-3-8-18-10-11/h5-6,9,11,18H,2-4,7-8,10H2,1H3,(H,19,22)(H,20,21). The SMILES string of the molecule is CCCNC(=O)c1ccc(NC(=O)C2CCCNC2)cc1Cl. The Labute approximate surface area is 135 Å². The molecule has 1 fully saturated rings. The van der Waals surface area contributed by atoms with E-state index in [0.717, 1.165) is 25.8 Å². The lowest BCUT2D eigenvalue weighted by Gasteiger charge is -2.22. The normalized spacial score (nSPS) is 17.8. The van der Waals surface area contributed by atoms with E-state index in [1.807, 2.05) is 6.92 Å². The topological polar surface area (TPSA) is 70.2 Å². The second-order valence-electron chi connectivity index (χ2n) is 5.48. The van der Waals surface area contributed by atoms with Crippen LogP contribution in [-0.2, 0) is 4.79 Å². The Kier molecular flexibility index (Phi) is 6.21. The van der Waals surface area contributed by atoms with Crippen LogP contribution in [0.15, 0.2) is 18.2 Å². The molecule has 6 heteroatoms. The maximum atomic E-state index is 12.2.